The van der Waals surface area contributed by atoms with Gasteiger partial charge in [-0.2, -0.15) is 0 Å². The van der Waals surface area contributed by atoms with Gasteiger partial charge in [-0.1, -0.05) is 30.3 Å². The van der Waals surface area contributed by atoms with Crippen LogP contribution in [-0.2, 0) is 0 Å². The molecule has 0 aliphatic carbocycles. The number of hydrogen-bond acceptors (Lipinski definition) is 5. The van der Waals surface area contributed by atoms with E-state index in [2.05, 4.69) is 33.4 Å². The molecule has 3 heterocycles. The third-order valence-corrected chi connectivity index (χ3v) is 5.91. The summed E-state index contributed by atoms with van der Waals surface area (Å²) in [5.41, 5.74) is 2.12. The second-order valence-corrected chi connectivity index (χ2v) is 7.66. The molecule has 2 aromatic heterocycles. The molecule has 1 aliphatic heterocycles. The topological polar surface area (TPSA) is 31.4 Å². The number of fused-ring (bicyclic) bond motifs is 1. The van der Waals surface area contributed by atoms with Crippen molar-refractivity contribution in [1.82, 2.24) is 4.98 Å². The zero-order valence-corrected chi connectivity index (χ0v) is 14.1. The van der Waals surface area contributed by atoms with Gasteiger partial charge >= 0.3 is 0 Å². The molecule has 0 unspecified atom stereocenters. The highest BCUT2D eigenvalue weighted by atomic mass is 79.9. The first kappa shape index (κ1) is 13.3. The number of thiophene rings is 1. The van der Waals surface area contributed by atoms with E-state index in [0.717, 1.165) is 36.4 Å². The first-order chi connectivity index (χ1) is 10.3. The summed E-state index contributed by atoms with van der Waals surface area (Å²) >= 11 is 6.78. The molecule has 4 rings (SSSR count). The van der Waals surface area contributed by atoms with Crippen LogP contribution < -0.4 is 9.47 Å². The van der Waals surface area contributed by atoms with Crippen LogP contribution in [0.15, 0.2) is 39.5 Å². The molecular weight excluding hydrogens is 370 g/mol. The number of rotatable bonds is 2. The van der Waals surface area contributed by atoms with E-state index >= 15 is 0 Å². The number of aromatic nitrogens is 1. The average Bonchev–Trinajstić information content (AvgIpc) is 3.14. The van der Waals surface area contributed by atoms with Gasteiger partial charge in [-0.05, 0) is 15.9 Å². The van der Waals surface area contributed by atoms with Crippen molar-refractivity contribution in [2.24, 2.45) is 0 Å². The molecule has 0 saturated heterocycles. The number of benzene rings is 1. The molecule has 3 aromatic rings. The number of ether oxygens (including phenoxy) is 2. The van der Waals surface area contributed by atoms with Gasteiger partial charge < -0.3 is 9.47 Å². The highest BCUT2D eigenvalue weighted by Crippen LogP contribution is 2.52. The Morgan fingerprint density at radius 2 is 1.81 bits per heavy atom. The summed E-state index contributed by atoms with van der Waals surface area (Å²) in [5, 5.41) is 3.04. The van der Waals surface area contributed by atoms with Gasteiger partial charge in [0.2, 0.25) is 0 Å². The highest BCUT2D eigenvalue weighted by Gasteiger charge is 2.25. The zero-order valence-electron chi connectivity index (χ0n) is 10.8. The third-order valence-electron chi connectivity index (χ3n) is 3.13. The predicted molar refractivity (Wildman–Crippen MR) is 89.6 cm³/mol. The summed E-state index contributed by atoms with van der Waals surface area (Å²) in [6.07, 6.45) is 0. The van der Waals surface area contributed by atoms with Gasteiger partial charge in [-0.25, -0.2) is 4.98 Å². The minimum atomic E-state index is 0.583. The van der Waals surface area contributed by atoms with Crippen molar-refractivity contribution in [3.05, 3.63) is 39.5 Å². The van der Waals surface area contributed by atoms with Gasteiger partial charge in [0.25, 0.3) is 0 Å². The van der Waals surface area contributed by atoms with E-state index in [9.17, 15) is 0 Å². The fourth-order valence-corrected chi connectivity index (χ4v) is 4.79. The minimum Gasteiger partial charge on any atom is -0.484 e. The molecule has 0 atom stereocenters. The number of hydrogen-bond donors (Lipinski definition) is 0. The third kappa shape index (κ3) is 2.37. The van der Waals surface area contributed by atoms with Gasteiger partial charge in [-0.15, -0.1) is 22.7 Å². The van der Waals surface area contributed by atoms with Crippen molar-refractivity contribution >= 4 is 38.6 Å². The first-order valence-electron chi connectivity index (χ1n) is 6.42. The summed E-state index contributed by atoms with van der Waals surface area (Å²) in [4.78, 5) is 5.78. The summed E-state index contributed by atoms with van der Waals surface area (Å²) < 4.78 is 12.4. The lowest BCUT2D eigenvalue weighted by Gasteiger charge is -2.15. The van der Waals surface area contributed by atoms with Crippen molar-refractivity contribution in [2.45, 2.75) is 0 Å². The maximum atomic E-state index is 5.77. The Labute approximate surface area is 138 Å². The lowest BCUT2D eigenvalue weighted by molar-refractivity contribution is 0.173. The van der Waals surface area contributed by atoms with Crippen LogP contribution in [0.1, 0.15) is 0 Å². The Morgan fingerprint density at radius 1 is 1.05 bits per heavy atom. The molecule has 0 amide bonds. The van der Waals surface area contributed by atoms with Crippen molar-refractivity contribution in [3.63, 3.8) is 0 Å². The Hall–Kier alpha value is -1.37. The van der Waals surface area contributed by atoms with Crippen LogP contribution in [0.25, 0.3) is 21.1 Å². The molecule has 1 aromatic carbocycles. The number of halogens is 1. The van der Waals surface area contributed by atoms with Gasteiger partial charge in [0.05, 0.1) is 5.69 Å². The van der Waals surface area contributed by atoms with Gasteiger partial charge in [-0.3, -0.25) is 0 Å². The fraction of sp³-hybridized carbons (Fsp3) is 0.133. The molecule has 6 heteroatoms. The van der Waals surface area contributed by atoms with Gasteiger partial charge in [0, 0.05) is 10.9 Å². The standard InChI is InChI=1S/C15H10BrNO2S2/c16-14-12-11(18-6-7-19-12)13(21-14)15-17-10(8-20-15)9-4-2-1-3-5-9/h1-5,8H,6-7H2. The molecule has 0 spiro atoms. The lowest BCUT2D eigenvalue weighted by Crippen LogP contribution is -2.14. The van der Waals surface area contributed by atoms with Gasteiger partial charge in [0.15, 0.2) is 11.5 Å². The Balaban J connectivity index is 1.77. The van der Waals surface area contributed by atoms with E-state index < -0.39 is 0 Å². The lowest BCUT2D eigenvalue weighted by atomic mass is 10.2. The normalized spacial score (nSPS) is 13.4. The average molecular weight is 380 g/mol. The predicted octanol–water partition coefficient (Wildman–Crippen LogP) is 5.07. The minimum absolute atomic E-state index is 0.583. The Bertz CT molecular complexity index is 782. The molecule has 0 bridgehead atoms. The van der Waals surface area contributed by atoms with Crippen LogP contribution in [0.5, 0.6) is 11.5 Å². The first-order valence-corrected chi connectivity index (χ1v) is 8.91. The quantitative estimate of drug-likeness (QED) is 0.622. The van der Waals surface area contributed by atoms with Crippen molar-refractivity contribution < 1.29 is 9.47 Å². The van der Waals surface area contributed by atoms with Crippen LogP contribution in [0.3, 0.4) is 0 Å². The maximum Gasteiger partial charge on any atom is 0.187 e. The SMILES string of the molecule is Brc1sc(-c2nc(-c3ccccc3)cs2)c2c1OCCO2. The summed E-state index contributed by atoms with van der Waals surface area (Å²) in [6, 6.07) is 10.2. The summed E-state index contributed by atoms with van der Waals surface area (Å²) in [5.74, 6) is 1.62. The molecule has 0 fully saturated rings. The highest BCUT2D eigenvalue weighted by molar-refractivity contribution is 9.11. The van der Waals surface area contributed by atoms with E-state index in [1.54, 1.807) is 22.7 Å². The Kier molecular flexibility index (Phi) is 3.45. The van der Waals surface area contributed by atoms with Crippen molar-refractivity contribution in [2.75, 3.05) is 13.2 Å². The Morgan fingerprint density at radius 3 is 2.62 bits per heavy atom. The van der Waals surface area contributed by atoms with E-state index in [1.165, 1.54) is 0 Å². The molecular formula is C15H10BrNO2S2. The van der Waals surface area contributed by atoms with Crippen molar-refractivity contribution in [3.8, 4) is 32.6 Å². The largest absolute Gasteiger partial charge is 0.484 e. The monoisotopic (exact) mass is 379 g/mol. The molecule has 0 radical (unpaired) electrons. The van der Waals surface area contributed by atoms with Crippen LogP contribution >= 0.6 is 38.6 Å². The van der Waals surface area contributed by atoms with E-state index in [-0.39, 0.29) is 0 Å². The maximum absolute atomic E-state index is 5.77. The van der Waals surface area contributed by atoms with Crippen LogP contribution in [-0.4, -0.2) is 18.2 Å². The summed E-state index contributed by atoms with van der Waals surface area (Å²) in [7, 11) is 0. The molecule has 0 saturated carbocycles. The van der Waals surface area contributed by atoms with E-state index in [0.29, 0.717) is 13.2 Å². The second-order valence-electron chi connectivity index (χ2n) is 4.46. The number of nitrogens with zero attached hydrogens (tertiary/aromatic N) is 1. The molecule has 0 N–H and O–H groups in total. The smallest absolute Gasteiger partial charge is 0.187 e. The van der Waals surface area contributed by atoms with Crippen LogP contribution in [0, 0.1) is 0 Å². The zero-order chi connectivity index (χ0) is 14.2. The molecule has 3 nitrogen and oxygen atoms in total. The van der Waals surface area contributed by atoms with Crippen LogP contribution in [0.2, 0.25) is 0 Å². The van der Waals surface area contributed by atoms with E-state index in [1.807, 2.05) is 18.2 Å². The van der Waals surface area contributed by atoms with Gasteiger partial charge in [0.1, 0.15) is 26.9 Å². The summed E-state index contributed by atoms with van der Waals surface area (Å²) in [6.45, 7) is 1.18. The van der Waals surface area contributed by atoms with Crippen LogP contribution in [0.4, 0.5) is 0 Å². The molecule has 106 valence electrons. The van der Waals surface area contributed by atoms with Crippen molar-refractivity contribution in [1.29, 1.82) is 0 Å². The number of thiazole rings is 1. The van der Waals surface area contributed by atoms with E-state index in [4.69, 9.17) is 14.5 Å². The fourth-order valence-electron chi connectivity index (χ4n) is 2.18. The second kappa shape index (κ2) is 5.44. The molecule has 21 heavy (non-hydrogen) atoms. The molecule has 1 aliphatic rings.